The van der Waals surface area contributed by atoms with E-state index in [9.17, 15) is 10.1 Å². The zero-order chi connectivity index (χ0) is 20.9. The number of rotatable bonds is 6. The number of halogens is 1. The van der Waals surface area contributed by atoms with Crippen molar-refractivity contribution in [2.45, 2.75) is 12.6 Å². The molecule has 0 unspecified atom stereocenters. The molecule has 3 aromatic rings. The molecule has 0 amide bonds. The molecule has 30 heavy (non-hydrogen) atoms. The minimum absolute atomic E-state index is 0.0268. The quantitative estimate of drug-likeness (QED) is 0.407. The summed E-state index contributed by atoms with van der Waals surface area (Å²) in [6.45, 7) is 4.38. The average Bonchev–Trinajstić information content (AvgIpc) is 2.78. The van der Waals surface area contributed by atoms with Crippen molar-refractivity contribution in [3.63, 3.8) is 0 Å². The molecule has 1 fully saturated rings. The molecule has 1 saturated heterocycles. The standard InChI is InChI=1S/C24H24ClN3O2/c25-22-12-11-19(17-23(22)28(29)30)18-26-13-15-27(16-14-26)24(20-7-3-1-4-8-20)21-9-5-2-6-10-21/h1-12,17,24H,13-16,18H2. The van der Waals surface area contributed by atoms with E-state index in [-0.39, 0.29) is 16.8 Å². The molecular formula is C24H24ClN3O2. The fourth-order valence-corrected chi connectivity index (χ4v) is 4.31. The minimum Gasteiger partial charge on any atom is -0.297 e. The van der Waals surface area contributed by atoms with Crippen LogP contribution in [-0.4, -0.2) is 40.9 Å². The van der Waals surface area contributed by atoms with Crippen molar-refractivity contribution in [3.05, 3.63) is 111 Å². The number of hydrogen-bond donors (Lipinski definition) is 0. The highest BCUT2D eigenvalue weighted by Gasteiger charge is 2.26. The molecule has 0 spiro atoms. The summed E-state index contributed by atoms with van der Waals surface area (Å²) < 4.78 is 0. The van der Waals surface area contributed by atoms with E-state index in [1.165, 1.54) is 11.1 Å². The summed E-state index contributed by atoms with van der Waals surface area (Å²) in [5, 5.41) is 11.3. The van der Waals surface area contributed by atoms with Crippen LogP contribution in [0.15, 0.2) is 78.9 Å². The lowest BCUT2D eigenvalue weighted by atomic mass is 9.96. The number of nitro groups is 1. The molecule has 4 rings (SSSR count). The molecule has 1 heterocycles. The molecule has 0 N–H and O–H groups in total. The third kappa shape index (κ3) is 4.70. The molecule has 154 valence electrons. The SMILES string of the molecule is O=[N+]([O-])c1cc(CN2CCN(C(c3ccccc3)c3ccccc3)CC2)ccc1Cl. The highest BCUT2D eigenvalue weighted by atomic mass is 35.5. The van der Waals surface area contributed by atoms with Gasteiger partial charge in [0.15, 0.2) is 0 Å². The van der Waals surface area contributed by atoms with Crippen LogP contribution in [0, 0.1) is 10.1 Å². The number of piperazine rings is 1. The predicted octanol–water partition coefficient (Wildman–Crippen LogP) is 5.16. The van der Waals surface area contributed by atoms with E-state index in [1.54, 1.807) is 12.1 Å². The van der Waals surface area contributed by atoms with Gasteiger partial charge in [0.25, 0.3) is 5.69 Å². The molecule has 6 heteroatoms. The zero-order valence-electron chi connectivity index (χ0n) is 16.7. The summed E-state index contributed by atoms with van der Waals surface area (Å²) in [5.74, 6) is 0. The van der Waals surface area contributed by atoms with Gasteiger partial charge in [-0.15, -0.1) is 0 Å². The van der Waals surface area contributed by atoms with Crippen LogP contribution in [0.1, 0.15) is 22.7 Å². The summed E-state index contributed by atoms with van der Waals surface area (Å²) in [6, 6.07) is 26.5. The molecule has 0 aliphatic carbocycles. The molecule has 0 saturated carbocycles. The van der Waals surface area contributed by atoms with Crippen molar-refractivity contribution in [2.75, 3.05) is 26.2 Å². The summed E-state index contributed by atoms with van der Waals surface area (Å²) >= 11 is 5.94. The first-order valence-corrected chi connectivity index (χ1v) is 10.5. The van der Waals surface area contributed by atoms with E-state index in [0.29, 0.717) is 6.54 Å². The highest BCUT2D eigenvalue weighted by molar-refractivity contribution is 6.32. The van der Waals surface area contributed by atoms with Gasteiger partial charge < -0.3 is 0 Å². The van der Waals surface area contributed by atoms with Crippen LogP contribution < -0.4 is 0 Å². The van der Waals surface area contributed by atoms with Crippen LogP contribution in [0.3, 0.4) is 0 Å². The molecule has 5 nitrogen and oxygen atoms in total. The second-order valence-corrected chi connectivity index (χ2v) is 7.99. The second-order valence-electron chi connectivity index (χ2n) is 7.58. The van der Waals surface area contributed by atoms with Gasteiger partial charge in [-0.2, -0.15) is 0 Å². The molecule has 0 atom stereocenters. The van der Waals surface area contributed by atoms with Gasteiger partial charge in [-0.3, -0.25) is 19.9 Å². The molecule has 1 aliphatic rings. The van der Waals surface area contributed by atoms with E-state index in [1.807, 2.05) is 6.07 Å². The lowest BCUT2D eigenvalue weighted by Gasteiger charge is -2.39. The van der Waals surface area contributed by atoms with Gasteiger partial charge in [0.1, 0.15) is 5.02 Å². The second kappa shape index (κ2) is 9.39. The van der Waals surface area contributed by atoms with E-state index in [0.717, 1.165) is 31.7 Å². The van der Waals surface area contributed by atoms with Gasteiger partial charge in [0.05, 0.1) is 11.0 Å². The molecule has 3 aromatic carbocycles. The highest BCUT2D eigenvalue weighted by Crippen LogP contribution is 2.30. The van der Waals surface area contributed by atoms with Gasteiger partial charge in [-0.1, -0.05) is 78.3 Å². The van der Waals surface area contributed by atoms with Crippen molar-refractivity contribution < 1.29 is 4.92 Å². The zero-order valence-corrected chi connectivity index (χ0v) is 17.4. The van der Waals surface area contributed by atoms with E-state index in [4.69, 9.17) is 11.6 Å². The van der Waals surface area contributed by atoms with Crippen molar-refractivity contribution in [1.29, 1.82) is 0 Å². The predicted molar refractivity (Wildman–Crippen MR) is 120 cm³/mol. The van der Waals surface area contributed by atoms with Crippen LogP contribution in [0.25, 0.3) is 0 Å². The van der Waals surface area contributed by atoms with Crippen LogP contribution in [0.5, 0.6) is 0 Å². The van der Waals surface area contributed by atoms with Crippen LogP contribution in [0.4, 0.5) is 5.69 Å². The van der Waals surface area contributed by atoms with Gasteiger partial charge in [-0.25, -0.2) is 0 Å². The van der Waals surface area contributed by atoms with Crippen LogP contribution in [0.2, 0.25) is 5.02 Å². The van der Waals surface area contributed by atoms with Gasteiger partial charge in [0, 0.05) is 38.8 Å². The molecule has 0 bridgehead atoms. The lowest BCUT2D eigenvalue weighted by Crippen LogP contribution is -2.47. The van der Waals surface area contributed by atoms with E-state index in [2.05, 4.69) is 70.5 Å². The third-order valence-electron chi connectivity index (χ3n) is 5.62. The fourth-order valence-electron chi connectivity index (χ4n) is 4.12. The number of nitrogens with zero attached hydrogens (tertiary/aromatic N) is 3. The minimum atomic E-state index is -0.423. The Labute approximate surface area is 181 Å². The molecular weight excluding hydrogens is 398 g/mol. The van der Waals surface area contributed by atoms with Gasteiger partial charge in [0.2, 0.25) is 0 Å². The van der Waals surface area contributed by atoms with Crippen LogP contribution in [-0.2, 0) is 6.54 Å². The number of nitro benzene ring substituents is 1. The van der Waals surface area contributed by atoms with Crippen molar-refractivity contribution in [3.8, 4) is 0 Å². The molecule has 1 aliphatic heterocycles. The maximum atomic E-state index is 11.2. The van der Waals surface area contributed by atoms with Crippen molar-refractivity contribution in [1.82, 2.24) is 9.80 Å². The lowest BCUT2D eigenvalue weighted by molar-refractivity contribution is -0.384. The Hall–Kier alpha value is -2.73. The Kier molecular flexibility index (Phi) is 6.43. The summed E-state index contributed by atoms with van der Waals surface area (Å²) in [5.41, 5.74) is 3.49. The first-order valence-electron chi connectivity index (χ1n) is 10.1. The van der Waals surface area contributed by atoms with Crippen LogP contribution >= 0.6 is 11.6 Å². The fraction of sp³-hybridized carbons (Fsp3) is 0.250. The monoisotopic (exact) mass is 421 g/mol. The summed E-state index contributed by atoms with van der Waals surface area (Å²) in [4.78, 5) is 15.6. The maximum Gasteiger partial charge on any atom is 0.288 e. The maximum absolute atomic E-state index is 11.2. The smallest absolute Gasteiger partial charge is 0.288 e. The Morgan fingerprint density at radius 3 is 1.97 bits per heavy atom. The Bertz CT molecular complexity index is 950. The first kappa shape index (κ1) is 20.5. The first-order chi connectivity index (χ1) is 14.6. The summed E-state index contributed by atoms with van der Waals surface area (Å²) in [6.07, 6.45) is 0. The largest absolute Gasteiger partial charge is 0.297 e. The van der Waals surface area contributed by atoms with Gasteiger partial charge >= 0.3 is 0 Å². The summed E-state index contributed by atoms with van der Waals surface area (Å²) in [7, 11) is 0. The van der Waals surface area contributed by atoms with Crippen molar-refractivity contribution in [2.24, 2.45) is 0 Å². The van der Waals surface area contributed by atoms with E-state index >= 15 is 0 Å². The Morgan fingerprint density at radius 2 is 1.43 bits per heavy atom. The van der Waals surface area contributed by atoms with E-state index < -0.39 is 4.92 Å². The average molecular weight is 422 g/mol. The molecule has 0 aromatic heterocycles. The van der Waals surface area contributed by atoms with Crippen molar-refractivity contribution >= 4 is 17.3 Å². The Balaban J connectivity index is 1.46. The number of hydrogen-bond acceptors (Lipinski definition) is 4. The topological polar surface area (TPSA) is 49.6 Å². The third-order valence-corrected chi connectivity index (χ3v) is 5.94. The normalized spacial score (nSPS) is 15.4. The Morgan fingerprint density at radius 1 is 0.867 bits per heavy atom. The molecule has 0 radical (unpaired) electrons. The number of benzene rings is 3. The van der Waals surface area contributed by atoms with Gasteiger partial charge in [-0.05, 0) is 22.8 Å².